The Hall–Kier alpha value is -2.13. The van der Waals surface area contributed by atoms with E-state index in [1.807, 2.05) is 55.5 Å². The molecule has 1 heterocycles. The topological polar surface area (TPSA) is 40.5 Å². The third kappa shape index (κ3) is 2.45. The van der Waals surface area contributed by atoms with Crippen LogP contribution < -0.4 is 0 Å². The van der Waals surface area contributed by atoms with Crippen molar-refractivity contribution in [3.8, 4) is 0 Å². The van der Waals surface area contributed by atoms with Gasteiger partial charge in [-0.05, 0) is 23.6 Å². The van der Waals surface area contributed by atoms with Gasteiger partial charge in [0.2, 0.25) is 5.91 Å². The predicted molar refractivity (Wildman–Crippen MR) is 81.7 cm³/mol. The van der Waals surface area contributed by atoms with Crippen LogP contribution in [-0.2, 0) is 11.3 Å². The number of rotatable bonds is 3. The SMILES string of the molecule is C[C@@H]1C(=O)N([C@@H](CO)c2ccccc2)Cc2ccccc21. The molecule has 0 aliphatic carbocycles. The standard InChI is InChI=1S/C18H19NO2/c1-13-16-10-6-5-9-15(16)11-19(18(13)21)17(12-20)14-7-3-2-4-8-14/h2-10,13,17,20H,11-12H2,1H3/t13-,17-/m0/s1. The lowest BCUT2D eigenvalue weighted by atomic mass is 9.89. The smallest absolute Gasteiger partial charge is 0.230 e. The van der Waals surface area contributed by atoms with E-state index in [0.29, 0.717) is 6.54 Å². The predicted octanol–water partition coefficient (Wildman–Crippen LogP) is 2.87. The van der Waals surface area contributed by atoms with Gasteiger partial charge in [0.05, 0.1) is 18.6 Å². The Balaban J connectivity index is 1.97. The van der Waals surface area contributed by atoms with Crippen LogP contribution in [0.5, 0.6) is 0 Å². The van der Waals surface area contributed by atoms with E-state index in [-0.39, 0.29) is 24.5 Å². The highest BCUT2D eigenvalue weighted by Crippen LogP contribution is 2.34. The number of amides is 1. The van der Waals surface area contributed by atoms with Gasteiger partial charge in [-0.3, -0.25) is 4.79 Å². The maximum atomic E-state index is 12.7. The fraction of sp³-hybridized carbons (Fsp3) is 0.278. The summed E-state index contributed by atoms with van der Waals surface area (Å²) in [7, 11) is 0. The molecule has 0 unspecified atom stereocenters. The van der Waals surface area contributed by atoms with Crippen molar-refractivity contribution < 1.29 is 9.90 Å². The number of carbonyl (C=O) groups excluding carboxylic acids is 1. The van der Waals surface area contributed by atoms with Gasteiger partial charge in [-0.2, -0.15) is 0 Å². The summed E-state index contributed by atoms with van der Waals surface area (Å²) >= 11 is 0. The van der Waals surface area contributed by atoms with E-state index in [2.05, 4.69) is 6.07 Å². The summed E-state index contributed by atoms with van der Waals surface area (Å²) in [6.45, 7) is 2.43. The summed E-state index contributed by atoms with van der Waals surface area (Å²) in [4.78, 5) is 14.5. The molecule has 3 nitrogen and oxygen atoms in total. The second-order valence-corrected chi connectivity index (χ2v) is 5.50. The number of nitrogens with zero attached hydrogens (tertiary/aromatic N) is 1. The molecule has 0 fully saturated rings. The van der Waals surface area contributed by atoms with Crippen LogP contribution in [-0.4, -0.2) is 22.5 Å². The second kappa shape index (κ2) is 5.70. The molecule has 1 aliphatic rings. The number of hydrogen-bond donors (Lipinski definition) is 1. The average Bonchev–Trinajstić information content (AvgIpc) is 2.54. The van der Waals surface area contributed by atoms with E-state index in [1.54, 1.807) is 4.90 Å². The first-order chi connectivity index (χ1) is 10.2. The molecule has 0 aromatic heterocycles. The summed E-state index contributed by atoms with van der Waals surface area (Å²) < 4.78 is 0. The van der Waals surface area contributed by atoms with Gasteiger partial charge < -0.3 is 10.0 Å². The molecule has 1 N–H and O–H groups in total. The Labute approximate surface area is 124 Å². The van der Waals surface area contributed by atoms with Crippen molar-refractivity contribution in [2.24, 2.45) is 0 Å². The van der Waals surface area contributed by atoms with Crippen LogP contribution in [0, 0.1) is 0 Å². The Bertz CT molecular complexity index is 639. The van der Waals surface area contributed by atoms with Crippen LogP contribution in [0.4, 0.5) is 0 Å². The van der Waals surface area contributed by atoms with Crippen LogP contribution in [0.2, 0.25) is 0 Å². The molecule has 0 saturated carbocycles. The Kier molecular flexibility index (Phi) is 3.76. The van der Waals surface area contributed by atoms with Crippen molar-refractivity contribution in [2.75, 3.05) is 6.61 Å². The van der Waals surface area contributed by atoms with Crippen molar-refractivity contribution >= 4 is 5.91 Å². The number of carbonyl (C=O) groups is 1. The highest BCUT2D eigenvalue weighted by atomic mass is 16.3. The van der Waals surface area contributed by atoms with Crippen LogP contribution in [0.15, 0.2) is 54.6 Å². The largest absolute Gasteiger partial charge is 0.394 e. The monoisotopic (exact) mass is 281 g/mol. The number of aliphatic hydroxyl groups is 1. The molecule has 0 saturated heterocycles. The molecule has 2 aromatic rings. The second-order valence-electron chi connectivity index (χ2n) is 5.50. The van der Waals surface area contributed by atoms with Gasteiger partial charge in [-0.25, -0.2) is 0 Å². The molecule has 0 bridgehead atoms. The van der Waals surface area contributed by atoms with Gasteiger partial charge >= 0.3 is 0 Å². The summed E-state index contributed by atoms with van der Waals surface area (Å²) in [5.74, 6) is -0.0793. The van der Waals surface area contributed by atoms with E-state index in [4.69, 9.17) is 0 Å². The highest BCUT2D eigenvalue weighted by molar-refractivity contribution is 5.85. The lowest BCUT2D eigenvalue weighted by Gasteiger charge is -2.37. The zero-order valence-electron chi connectivity index (χ0n) is 12.1. The highest BCUT2D eigenvalue weighted by Gasteiger charge is 2.34. The first-order valence-electron chi connectivity index (χ1n) is 7.26. The average molecular weight is 281 g/mol. The third-order valence-corrected chi connectivity index (χ3v) is 4.25. The molecule has 3 heteroatoms. The van der Waals surface area contributed by atoms with Crippen molar-refractivity contribution in [2.45, 2.75) is 25.4 Å². The minimum atomic E-state index is -0.283. The zero-order valence-corrected chi connectivity index (χ0v) is 12.1. The summed E-state index contributed by atoms with van der Waals surface area (Å²) in [6, 6.07) is 17.5. The van der Waals surface area contributed by atoms with E-state index >= 15 is 0 Å². The molecule has 1 aliphatic heterocycles. The summed E-state index contributed by atoms with van der Waals surface area (Å²) in [5.41, 5.74) is 3.24. The van der Waals surface area contributed by atoms with Crippen molar-refractivity contribution in [3.05, 3.63) is 71.3 Å². The van der Waals surface area contributed by atoms with E-state index in [9.17, 15) is 9.90 Å². The first-order valence-corrected chi connectivity index (χ1v) is 7.26. The molecule has 3 rings (SSSR count). The molecule has 2 atom stereocenters. The first kappa shape index (κ1) is 13.8. The molecular formula is C18H19NO2. The van der Waals surface area contributed by atoms with Gasteiger partial charge in [0, 0.05) is 6.54 Å². The molecular weight excluding hydrogens is 262 g/mol. The van der Waals surface area contributed by atoms with Gasteiger partial charge in [0.25, 0.3) is 0 Å². The number of aliphatic hydroxyl groups excluding tert-OH is 1. The summed E-state index contributed by atoms with van der Waals surface area (Å²) in [5, 5.41) is 9.79. The van der Waals surface area contributed by atoms with Crippen molar-refractivity contribution in [3.63, 3.8) is 0 Å². The molecule has 2 aromatic carbocycles. The number of benzene rings is 2. The van der Waals surface area contributed by atoms with E-state index < -0.39 is 0 Å². The third-order valence-electron chi connectivity index (χ3n) is 4.25. The zero-order chi connectivity index (χ0) is 14.8. The Morgan fingerprint density at radius 2 is 1.81 bits per heavy atom. The van der Waals surface area contributed by atoms with Gasteiger partial charge in [-0.1, -0.05) is 54.6 Å². The maximum Gasteiger partial charge on any atom is 0.230 e. The normalized spacial score (nSPS) is 19.2. The maximum absolute atomic E-state index is 12.7. The van der Waals surface area contributed by atoms with Crippen LogP contribution >= 0.6 is 0 Å². The van der Waals surface area contributed by atoms with Crippen LogP contribution in [0.1, 0.15) is 35.6 Å². The Morgan fingerprint density at radius 3 is 2.52 bits per heavy atom. The number of fused-ring (bicyclic) bond motifs is 1. The fourth-order valence-corrected chi connectivity index (χ4v) is 3.07. The molecule has 21 heavy (non-hydrogen) atoms. The van der Waals surface area contributed by atoms with Gasteiger partial charge in [-0.15, -0.1) is 0 Å². The molecule has 0 spiro atoms. The quantitative estimate of drug-likeness (QED) is 0.939. The molecule has 0 radical (unpaired) electrons. The van der Waals surface area contributed by atoms with Crippen LogP contribution in [0.25, 0.3) is 0 Å². The number of hydrogen-bond acceptors (Lipinski definition) is 2. The van der Waals surface area contributed by atoms with Crippen LogP contribution in [0.3, 0.4) is 0 Å². The van der Waals surface area contributed by atoms with Crippen molar-refractivity contribution in [1.29, 1.82) is 0 Å². The lowest BCUT2D eigenvalue weighted by molar-refractivity contribution is -0.137. The van der Waals surface area contributed by atoms with E-state index in [1.165, 1.54) is 5.56 Å². The van der Waals surface area contributed by atoms with E-state index in [0.717, 1.165) is 11.1 Å². The van der Waals surface area contributed by atoms with Crippen molar-refractivity contribution in [1.82, 2.24) is 4.90 Å². The van der Waals surface area contributed by atoms with Gasteiger partial charge in [0.15, 0.2) is 0 Å². The van der Waals surface area contributed by atoms with Gasteiger partial charge in [0.1, 0.15) is 0 Å². The minimum absolute atomic E-state index is 0.0648. The minimum Gasteiger partial charge on any atom is -0.394 e. The molecule has 108 valence electrons. The molecule has 1 amide bonds. The lowest BCUT2D eigenvalue weighted by Crippen LogP contribution is -2.42. The summed E-state index contributed by atoms with van der Waals surface area (Å²) in [6.07, 6.45) is 0. The fourth-order valence-electron chi connectivity index (χ4n) is 3.07. The Morgan fingerprint density at radius 1 is 1.14 bits per heavy atom.